The van der Waals surface area contributed by atoms with Crippen molar-refractivity contribution in [2.45, 2.75) is 11.8 Å². The lowest BCUT2D eigenvalue weighted by molar-refractivity contribution is 0.373. The van der Waals surface area contributed by atoms with Crippen LogP contribution in [0.4, 0.5) is 14.5 Å². The number of rotatable bonds is 6. The predicted octanol–water partition coefficient (Wildman–Crippen LogP) is 3.14. The van der Waals surface area contributed by atoms with E-state index in [-0.39, 0.29) is 47.0 Å². The number of piperazine rings is 1. The third-order valence-electron chi connectivity index (χ3n) is 4.90. The number of hydrogen-bond acceptors (Lipinski definition) is 4. The summed E-state index contributed by atoms with van der Waals surface area (Å²) in [6.45, 7) is 5.51. The van der Waals surface area contributed by atoms with Crippen molar-refractivity contribution in [1.29, 1.82) is 0 Å². The summed E-state index contributed by atoms with van der Waals surface area (Å²) >= 11 is 0. The van der Waals surface area contributed by atoms with E-state index in [0.717, 1.165) is 24.8 Å². The van der Waals surface area contributed by atoms with Crippen LogP contribution in [0, 0.1) is 11.6 Å². The molecule has 0 amide bonds. The van der Waals surface area contributed by atoms with Crippen molar-refractivity contribution in [2.75, 3.05) is 49.9 Å². The van der Waals surface area contributed by atoms with Crippen molar-refractivity contribution < 1.29 is 17.2 Å². The maximum absolute atomic E-state index is 13.8. The van der Waals surface area contributed by atoms with Crippen LogP contribution >= 0.6 is 24.0 Å². The second-order valence-corrected chi connectivity index (χ2v) is 9.01. The van der Waals surface area contributed by atoms with Crippen LogP contribution in [-0.2, 0) is 9.84 Å². The smallest absolute Gasteiger partial charge is 0.194 e. The normalized spacial score (nSPS) is 14.9. The molecule has 1 heterocycles. The van der Waals surface area contributed by atoms with Crippen molar-refractivity contribution in [3.63, 3.8) is 0 Å². The highest BCUT2D eigenvalue weighted by molar-refractivity contribution is 14.0. The molecule has 0 atom stereocenters. The number of benzene rings is 2. The van der Waals surface area contributed by atoms with Gasteiger partial charge < -0.3 is 15.1 Å². The molecule has 1 N–H and O–H groups in total. The number of sulfone groups is 1. The number of halogens is 3. The average molecular weight is 564 g/mol. The van der Waals surface area contributed by atoms with Crippen LogP contribution in [0.25, 0.3) is 0 Å². The van der Waals surface area contributed by atoms with Crippen molar-refractivity contribution in [3.8, 4) is 0 Å². The van der Waals surface area contributed by atoms with Gasteiger partial charge in [0, 0.05) is 38.4 Å². The number of nitrogens with one attached hydrogen (secondary N) is 1. The van der Waals surface area contributed by atoms with E-state index in [9.17, 15) is 17.2 Å². The molecule has 0 aliphatic carbocycles. The number of hydrogen-bond donors (Lipinski definition) is 1. The van der Waals surface area contributed by atoms with Crippen LogP contribution < -0.4 is 10.2 Å². The quantitative estimate of drug-likeness (QED) is 0.332. The zero-order valence-electron chi connectivity index (χ0n) is 17.3. The van der Waals surface area contributed by atoms with Crippen LogP contribution in [0.2, 0.25) is 0 Å². The SMILES string of the molecule is CCNC(=NCCS(=O)(=O)c1ccccc1F)N1CCN(c2ccc(F)cc2)CC1.I. The third kappa shape index (κ3) is 6.76. The molecule has 10 heteroatoms. The summed E-state index contributed by atoms with van der Waals surface area (Å²) in [5.41, 5.74) is 0.967. The number of anilines is 1. The van der Waals surface area contributed by atoms with Crippen LogP contribution in [-0.4, -0.2) is 64.3 Å². The van der Waals surface area contributed by atoms with E-state index in [1.165, 1.54) is 30.3 Å². The third-order valence-corrected chi connectivity index (χ3v) is 6.62. The molecule has 2 aromatic carbocycles. The zero-order chi connectivity index (χ0) is 21.6. The topological polar surface area (TPSA) is 65.0 Å². The van der Waals surface area contributed by atoms with Crippen LogP contribution in [0.1, 0.15) is 6.92 Å². The lowest BCUT2D eigenvalue weighted by Gasteiger charge is -2.37. The van der Waals surface area contributed by atoms with E-state index in [1.54, 1.807) is 12.1 Å². The molecule has 0 bridgehead atoms. The highest BCUT2D eigenvalue weighted by Gasteiger charge is 2.21. The minimum atomic E-state index is -3.75. The van der Waals surface area contributed by atoms with E-state index in [4.69, 9.17) is 0 Å². The molecule has 31 heavy (non-hydrogen) atoms. The van der Waals surface area contributed by atoms with Crippen molar-refractivity contribution in [3.05, 3.63) is 60.2 Å². The summed E-state index contributed by atoms with van der Waals surface area (Å²) in [5, 5.41) is 3.19. The Balaban J connectivity index is 0.00000341. The molecule has 2 aromatic rings. The molecular formula is C21H27F2IN4O2S. The van der Waals surface area contributed by atoms with Gasteiger partial charge in [0.1, 0.15) is 16.5 Å². The Kier molecular flexibility index (Phi) is 9.48. The molecule has 0 aromatic heterocycles. The first-order valence-corrected chi connectivity index (χ1v) is 11.6. The maximum Gasteiger partial charge on any atom is 0.194 e. The summed E-state index contributed by atoms with van der Waals surface area (Å²) in [6, 6.07) is 11.8. The van der Waals surface area contributed by atoms with Crippen molar-refractivity contribution in [2.24, 2.45) is 4.99 Å². The van der Waals surface area contributed by atoms with Gasteiger partial charge in [0.25, 0.3) is 0 Å². The first-order chi connectivity index (χ1) is 14.4. The fourth-order valence-electron chi connectivity index (χ4n) is 3.33. The molecule has 1 aliphatic heterocycles. The molecule has 170 valence electrons. The zero-order valence-corrected chi connectivity index (χ0v) is 20.4. The second-order valence-electron chi connectivity index (χ2n) is 6.94. The van der Waals surface area contributed by atoms with E-state index in [2.05, 4.69) is 20.1 Å². The molecule has 1 fully saturated rings. The highest BCUT2D eigenvalue weighted by atomic mass is 127. The van der Waals surface area contributed by atoms with Gasteiger partial charge in [-0.1, -0.05) is 12.1 Å². The summed E-state index contributed by atoms with van der Waals surface area (Å²) < 4.78 is 51.8. The second kappa shape index (κ2) is 11.6. The lowest BCUT2D eigenvalue weighted by Crippen LogP contribution is -2.52. The standard InChI is InChI=1S/C21H26F2N4O2S.HI/c1-2-24-21(25-11-16-30(28,29)20-6-4-3-5-19(20)23)27-14-12-26(13-15-27)18-9-7-17(22)8-10-18;/h3-10H,2,11-16H2,1H3,(H,24,25);1H. The Morgan fingerprint density at radius 2 is 1.68 bits per heavy atom. The predicted molar refractivity (Wildman–Crippen MR) is 130 cm³/mol. The molecule has 1 aliphatic rings. The van der Waals surface area contributed by atoms with Gasteiger partial charge >= 0.3 is 0 Å². The van der Waals surface area contributed by atoms with Crippen LogP contribution in [0.3, 0.4) is 0 Å². The molecule has 0 saturated carbocycles. The van der Waals surface area contributed by atoms with Crippen LogP contribution in [0.5, 0.6) is 0 Å². The number of aliphatic imine (C=N–C) groups is 1. The Morgan fingerprint density at radius 3 is 2.29 bits per heavy atom. The molecule has 0 radical (unpaired) electrons. The Hall–Kier alpha value is -1.95. The number of guanidine groups is 1. The minimum absolute atomic E-state index is 0. The van der Waals surface area contributed by atoms with Gasteiger partial charge in [-0.25, -0.2) is 17.2 Å². The summed E-state index contributed by atoms with van der Waals surface area (Å²) in [6.07, 6.45) is 0. The van der Waals surface area contributed by atoms with Gasteiger partial charge in [-0.3, -0.25) is 4.99 Å². The van der Waals surface area contributed by atoms with E-state index < -0.39 is 15.7 Å². The largest absolute Gasteiger partial charge is 0.368 e. The molecule has 3 rings (SSSR count). The first-order valence-electron chi connectivity index (χ1n) is 9.92. The fraction of sp³-hybridized carbons (Fsp3) is 0.381. The van der Waals surface area contributed by atoms with E-state index in [0.29, 0.717) is 25.6 Å². The highest BCUT2D eigenvalue weighted by Crippen LogP contribution is 2.17. The summed E-state index contributed by atoms with van der Waals surface area (Å²) in [7, 11) is -3.75. The van der Waals surface area contributed by atoms with Gasteiger partial charge in [-0.05, 0) is 43.3 Å². The molecular weight excluding hydrogens is 537 g/mol. The number of nitrogens with zero attached hydrogens (tertiary/aromatic N) is 3. The van der Waals surface area contributed by atoms with Crippen LogP contribution in [0.15, 0.2) is 58.4 Å². The van der Waals surface area contributed by atoms with Crippen molar-refractivity contribution in [1.82, 2.24) is 10.2 Å². The van der Waals surface area contributed by atoms with Gasteiger partial charge in [0.15, 0.2) is 15.8 Å². The average Bonchev–Trinajstić information content (AvgIpc) is 2.74. The first kappa shape index (κ1) is 25.3. The van der Waals surface area contributed by atoms with E-state index in [1.807, 2.05) is 6.92 Å². The fourth-order valence-corrected chi connectivity index (χ4v) is 4.54. The lowest BCUT2D eigenvalue weighted by atomic mass is 10.2. The monoisotopic (exact) mass is 564 g/mol. The van der Waals surface area contributed by atoms with Gasteiger partial charge in [-0.15, -0.1) is 24.0 Å². The minimum Gasteiger partial charge on any atom is -0.368 e. The molecule has 0 spiro atoms. The molecule has 0 unspecified atom stereocenters. The van der Waals surface area contributed by atoms with Gasteiger partial charge in [0.2, 0.25) is 0 Å². The van der Waals surface area contributed by atoms with Gasteiger partial charge in [-0.2, -0.15) is 0 Å². The Labute approximate surface area is 199 Å². The Morgan fingerprint density at radius 1 is 1.03 bits per heavy atom. The summed E-state index contributed by atoms with van der Waals surface area (Å²) in [4.78, 5) is 8.39. The van der Waals surface area contributed by atoms with E-state index >= 15 is 0 Å². The van der Waals surface area contributed by atoms with Crippen molar-refractivity contribution >= 4 is 45.5 Å². The molecule has 6 nitrogen and oxygen atoms in total. The summed E-state index contributed by atoms with van der Waals surface area (Å²) in [5.74, 6) is -0.632. The maximum atomic E-state index is 13.8. The van der Waals surface area contributed by atoms with Gasteiger partial charge in [0.05, 0.1) is 12.3 Å². The Bertz CT molecular complexity index is 979. The molecule has 1 saturated heterocycles.